The van der Waals surface area contributed by atoms with Crippen molar-refractivity contribution in [1.82, 2.24) is 14.2 Å². The van der Waals surface area contributed by atoms with Gasteiger partial charge < -0.3 is 18.5 Å². The van der Waals surface area contributed by atoms with E-state index >= 15 is 0 Å². The highest BCUT2D eigenvalue weighted by molar-refractivity contribution is 7.44. The molecule has 1 aromatic carbocycles. The lowest BCUT2D eigenvalue weighted by atomic mass is 10.2. The summed E-state index contributed by atoms with van der Waals surface area (Å²) < 4.78 is 50.1. The third-order valence-corrected chi connectivity index (χ3v) is 7.89. The van der Waals surface area contributed by atoms with E-state index in [1.807, 2.05) is 43.4 Å². The third-order valence-electron chi connectivity index (χ3n) is 5.73. The summed E-state index contributed by atoms with van der Waals surface area (Å²) in [6.07, 6.45) is -1.48. The maximum absolute atomic E-state index is 12.7. The summed E-state index contributed by atoms with van der Waals surface area (Å²) in [6, 6.07) is 10.5. The van der Waals surface area contributed by atoms with Crippen LogP contribution in [0, 0.1) is 18.2 Å². The quantitative estimate of drug-likeness (QED) is 0.239. The first kappa shape index (κ1) is 25.4. The highest BCUT2D eigenvalue weighted by Gasteiger charge is 2.42. The van der Waals surface area contributed by atoms with Crippen LogP contribution in [0.25, 0.3) is 0 Å². The van der Waals surface area contributed by atoms with Crippen LogP contribution in [0.5, 0.6) is 0 Å². The highest BCUT2D eigenvalue weighted by atomic mass is 31.2. The van der Waals surface area contributed by atoms with E-state index < -0.39 is 56.6 Å². The van der Waals surface area contributed by atoms with E-state index in [2.05, 4.69) is 0 Å². The largest absolute Gasteiger partial charge is 0.459 e. The van der Waals surface area contributed by atoms with Crippen molar-refractivity contribution >= 4 is 14.5 Å². The Labute approximate surface area is 227 Å². The molecule has 1 saturated heterocycles. The number of ether oxygens (including phenoxy) is 2. The molecule has 2 aromatic rings. The van der Waals surface area contributed by atoms with Crippen molar-refractivity contribution in [1.29, 1.82) is 5.26 Å². The lowest BCUT2D eigenvalue weighted by molar-refractivity contribution is -0.0513. The van der Waals surface area contributed by atoms with Crippen LogP contribution >= 0.6 is 8.53 Å². The zero-order chi connectivity index (χ0) is 30.3. The van der Waals surface area contributed by atoms with Crippen molar-refractivity contribution in [3.63, 3.8) is 0 Å². The molecule has 1 N–H and O–H groups in total. The van der Waals surface area contributed by atoms with Crippen LogP contribution in [-0.2, 0) is 18.5 Å². The van der Waals surface area contributed by atoms with E-state index in [4.69, 9.17) is 27.9 Å². The van der Waals surface area contributed by atoms with Gasteiger partial charge in [-0.15, -0.1) is 0 Å². The van der Waals surface area contributed by atoms with Crippen LogP contribution in [0.3, 0.4) is 0 Å². The fourth-order valence-corrected chi connectivity index (χ4v) is 5.82. The Hall–Kier alpha value is -2.87. The monoisotopic (exact) mass is 549 g/mol. The number of esters is 1. The average Bonchev–Trinajstić information content (AvgIpc) is 3.28. The van der Waals surface area contributed by atoms with Gasteiger partial charge >= 0.3 is 11.7 Å². The molecule has 206 valence electrons. The Morgan fingerprint density at radius 1 is 1.29 bits per heavy atom. The van der Waals surface area contributed by atoms with Crippen LogP contribution in [-0.4, -0.2) is 57.7 Å². The van der Waals surface area contributed by atoms with Crippen molar-refractivity contribution in [2.24, 2.45) is 0 Å². The molecule has 1 aliphatic heterocycles. The predicted octanol–water partition coefficient (Wildman–Crippen LogP) is 3.65. The van der Waals surface area contributed by atoms with Gasteiger partial charge in [0, 0.05) is 34.4 Å². The number of rotatable bonds is 12. The van der Waals surface area contributed by atoms with Gasteiger partial charge in [-0.25, -0.2) is 14.3 Å². The minimum absolute atomic E-state index is 0.0133. The molecule has 11 nitrogen and oxygen atoms in total. The molecule has 0 radical (unpaired) electrons. The molecule has 4 atom stereocenters. The minimum atomic E-state index is -2.76. The lowest BCUT2D eigenvalue weighted by Crippen LogP contribution is -2.36. The molecular weight excluding hydrogens is 511 g/mol. The SMILES string of the molecule is [2H]C([2H])([2H])c1cn([C@H]2C[C@@H](OP(OCCC#N)N(C(C)C)C(C)C)[C@@H](COC(=O)c3ccccc3)O2)c(=O)[nH]c1=O. The summed E-state index contributed by atoms with van der Waals surface area (Å²) in [5.74, 6) is -0.583. The Morgan fingerprint density at radius 3 is 2.63 bits per heavy atom. The summed E-state index contributed by atoms with van der Waals surface area (Å²) >= 11 is 0. The molecule has 1 aliphatic rings. The zero-order valence-corrected chi connectivity index (χ0v) is 22.7. The van der Waals surface area contributed by atoms with Crippen molar-refractivity contribution in [3.8, 4) is 6.07 Å². The molecule has 1 unspecified atom stereocenters. The molecule has 0 saturated carbocycles. The van der Waals surface area contributed by atoms with E-state index in [9.17, 15) is 14.4 Å². The number of aryl methyl sites for hydroxylation is 1. The summed E-state index contributed by atoms with van der Waals surface area (Å²) in [6.45, 7) is 5.06. The summed E-state index contributed by atoms with van der Waals surface area (Å²) in [4.78, 5) is 39.6. The van der Waals surface area contributed by atoms with Crippen molar-refractivity contribution in [2.75, 3.05) is 13.2 Å². The van der Waals surface area contributed by atoms with Crippen LogP contribution < -0.4 is 11.2 Å². The first-order chi connectivity index (χ1) is 19.3. The fraction of sp³-hybridized carbons (Fsp3) is 0.538. The molecule has 1 aromatic heterocycles. The number of carbonyl (C=O) groups is 1. The molecule has 38 heavy (non-hydrogen) atoms. The van der Waals surface area contributed by atoms with Gasteiger partial charge in [0.05, 0.1) is 30.8 Å². The average molecular weight is 550 g/mol. The van der Waals surface area contributed by atoms with Gasteiger partial charge in [-0.3, -0.25) is 14.3 Å². The van der Waals surface area contributed by atoms with Gasteiger partial charge in [0.1, 0.15) is 18.9 Å². The van der Waals surface area contributed by atoms with Gasteiger partial charge in [0.25, 0.3) is 14.1 Å². The Kier molecular flexibility index (Phi) is 9.22. The van der Waals surface area contributed by atoms with E-state index in [-0.39, 0.29) is 38.1 Å². The molecule has 12 heteroatoms. The highest BCUT2D eigenvalue weighted by Crippen LogP contribution is 2.49. The van der Waals surface area contributed by atoms with Crippen molar-refractivity contribution in [2.45, 2.75) is 77.9 Å². The normalized spacial score (nSPS) is 21.6. The number of hydrogen-bond acceptors (Lipinski definition) is 9. The summed E-state index contributed by atoms with van der Waals surface area (Å²) in [7, 11) is -1.72. The lowest BCUT2D eigenvalue weighted by Gasteiger charge is -2.37. The number of nitrogens with one attached hydrogen (secondary N) is 1. The number of carbonyl (C=O) groups excluding carboxylic acids is 1. The van der Waals surface area contributed by atoms with Gasteiger partial charge in [-0.05, 0) is 46.7 Å². The smallest absolute Gasteiger partial charge is 0.338 e. The van der Waals surface area contributed by atoms with E-state index in [1.54, 1.807) is 30.3 Å². The van der Waals surface area contributed by atoms with E-state index in [1.165, 1.54) is 0 Å². The second-order valence-electron chi connectivity index (χ2n) is 9.23. The van der Waals surface area contributed by atoms with Crippen molar-refractivity contribution < 1.29 is 27.4 Å². The second-order valence-corrected chi connectivity index (χ2v) is 10.6. The first-order valence-electron chi connectivity index (χ1n) is 13.8. The topological polar surface area (TPSA) is 136 Å². The fourth-order valence-electron chi connectivity index (χ4n) is 4.06. The van der Waals surface area contributed by atoms with Crippen LogP contribution in [0.15, 0.2) is 46.1 Å². The Bertz CT molecular complexity index is 1320. The van der Waals surface area contributed by atoms with Gasteiger partial charge in [-0.2, -0.15) is 5.26 Å². The molecule has 0 spiro atoms. The van der Waals surface area contributed by atoms with Crippen LogP contribution in [0.2, 0.25) is 0 Å². The number of hydrogen-bond donors (Lipinski definition) is 1. The molecule has 2 heterocycles. The number of aromatic amines is 1. The number of nitriles is 1. The van der Waals surface area contributed by atoms with Crippen LogP contribution in [0.1, 0.15) is 66.8 Å². The number of benzene rings is 1. The van der Waals surface area contributed by atoms with Gasteiger partial charge in [-0.1, -0.05) is 18.2 Å². The zero-order valence-electron chi connectivity index (χ0n) is 24.8. The van der Waals surface area contributed by atoms with E-state index in [0.717, 1.165) is 10.8 Å². The van der Waals surface area contributed by atoms with Gasteiger partial charge in [0.15, 0.2) is 0 Å². The molecule has 0 amide bonds. The molecule has 1 fully saturated rings. The van der Waals surface area contributed by atoms with Crippen LogP contribution in [0.4, 0.5) is 0 Å². The molecule has 3 rings (SSSR count). The predicted molar refractivity (Wildman–Crippen MR) is 141 cm³/mol. The Balaban J connectivity index is 1.93. The van der Waals surface area contributed by atoms with Crippen molar-refractivity contribution in [3.05, 3.63) is 68.5 Å². The maximum Gasteiger partial charge on any atom is 0.338 e. The minimum Gasteiger partial charge on any atom is -0.459 e. The second kappa shape index (κ2) is 13.8. The Morgan fingerprint density at radius 2 is 2.00 bits per heavy atom. The molecule has 0 aliphatic carbocycles. The number of nitrogens with zero attached hydrogens (tertiary/aromatic N) is 3. The number of H-pyrrole nitrogens is 1. The summed E-state index contributed by atoms with van der Waals surface area (Å²) in [5, 5.41) is 9.02. The number of aromatic nitrogens is 2. The third kappa shape index (κ3) is 7.59. The van der Waals surface area contributed by atoms with E-state index in [0.29, 0.717) is 5.56 Å². The standard InChI is InChI=1S/C26H35N4O7P/c1-17(2)30(18(3)4)38(35-13-9-12-27)37-21-14-23(29-15-19(5)24(31)28-26(29)33)36-22(21)16-34-25(32)20-10-7-6-8-11-20/h6-8,10-11,15,17-18,21-23H,9,13-14,16H2,1-5H3,(H,28,31,33)/t21-,22-,23-,38?/m1/s1/i5D3. The molecule has 0 bridgehead atoms. The first-order valence-corrected chi connectivity index (χ1v) is 13.4. The molecular formula is C26H35N4O7P. The van der Waals surface area contributed by atoms with Gasteiger partial charge in [0.2, 0.25) is 0 Å². The maximum atomic E-state index is 12.7. The summed E-state index contributed by atoms with van der Waals surface area (Å²) in [5.41, 5.74) is -2.09.